The number of likely N-dealkylation sites (tertiary alicyclic amines) is 1. The minimum atomic E-state index is 0.0577. The lowest BCUT2D eigenvalue weighted by Gasteiger charge is -2.32. The molecule has 1 aliphatic rings. The van der Waals surface area contributed by atoms with Crippen LogP contribution in [-0.4, -0.2) is 41.4 Å². The Kier molecular flexibility index (Phi) is 6.27. The number of nitriles is 1. The summed E-state index contributed by atoms with van der Waals surface area (Å²) in [5.41, 5.74) is 5.35. The van der Waals surface area contributed by atoms with E-state index in [1.54, 1.807) is 0 Å². The van der Waals surface area contributed by atoms with Crippen LogP contribution in [0.2, 0.25) is 0 Å². The van der Waals surface area contributed by atoms with Crippen molar-refractivity contribution in [2.45, 2.75) is 30.9 Å². The SMILES string of the molecule is N#CCCCSC1CCCN(C(=O)CN)C1. The molecule has 1 heterocycles. The van der Waals surface area contributed by atoms with Crippen molar-refractivity contribution >= 4 is 17.7 Å². The van der Waals surface area contributed by atoms with E-state index in [1.807, 2.05) is 16.7 Å². The van der Waals surface area contributed by atoms with E-state index in [2.05, 4.69) is 6.07 Å². The first-order chi connectivity index (χ1) is 7.77. The first-order valence-corrected chi connectivity index (χ1v) is 6.79. The highest BCUT2D eigenvalue weighted by Crippen LogP contribution is 2.23. The van der Waals surface area contributed by atoms with Gasteiger partial charge >= 0.3 is 0 Å². The number of nitrogens with two attached hydrogens (primary N) is 1. The van der Waals surface area contributed by atoms with Crippen LogP contribution in [-0.2, 0) is 4.79 Å². The summed E-state index contributed by atoms with van der Waals surface area (Å²) in [5, 5.41) is 8.95. The Balaban J connectivity index is 2.23. The highest BCUT2D eigenvalue weighted by atomic mass is 32.2. The maximum Gasteiger partial charge on any atom is 0.236 e. The lowest BCUT2D eigenvalue weighted by atomic mass is 10.1. The molecule has 0 bridgehead atoms. The van der Waals surface area contributed by atoms with Crippen molar-refractivity contribution in [2.75, 3.05) is 25.4 Å². The van der Waals surface area contributed by atoms with Gasteiger partial charge in [0.15, 0.2) is 0 Å². The molecule has 0 spiro atoms. The summed E-state index contributed by atoms with van der Waals surface area (Å²) in [5.74, 6) is 1.07. The highest BCUT2D eigenvalue weighted by molar-refractivity contribution is 7.99. The normalized spacial score (nSPS) is 20.5. The first-order valence-electron chi connectivity index (χ1n) is 5.74. The molecule has 1 aliphatic heterocycles. The predicted octanol–water partition coefficient (Wildman–Crippen LogP) is 0.973. The smallest absolute Gasteiger partial charge is 0.236 e. The summed E-state index contributed by atoms with van der Waals surface area (Å²) in [6, 6.07) is 2.15. The second kappa shape index (κ2) is 7.53. The number of hydrogen-bond donors (Lipinski definition) is 1. The zero-order valence-electron chi connectivity index (χ0n) is 9.52. The van der Waals surface area contributed by atoms with Gasteiger partial charge in [-0.1, -0.05) is 0 Å². The lowest BCUT2D eigenvalue weighted by Crippen LogP contribution is -2.44. The van der Waals surface area contributed by atoms with Gasteiger partial charge in [-0.3, -0.25) is 4.79 Å². The fourth-order valence-electron chi connectivity index (χ4n) is 1.83. The van der Waals surface area contributed by atoms with Gasteiger partial charge in [-0.05, 0) is 25.0 Å². The third-order valence-electron chi connectivity index (χ3n) is 2.69. The number of unbranched alkanes of at least 4 members (excludes halogenated alkanes) is 1. The molecule has 0 saturated carbocycles. The molecular formula is C11H19N3OS. The van der Waals surface area contributed by atoms with E-state index < -0.39 is 0 Å². The number of thioether (sulfide) groups is 1. The first kappa shape index (κ1) is 13.3. The summed E-state index contributed by atoms with van der Waals surface area (Å²) in [6.45, 7) is 1.80. The lowest BCUT2D eigenvalue weighted by molar-refractivity contribution is -0.130. The number of amides is 1. The van der Waals surface area contributed by atoms with Gasteiger partial charge in [-0.15, -0.1) is 0 Å². The van der Waals surface area contributed by atoms with Gasteiger partial charge in [0.1, 0.15) is 0 Å². The fourth-order valence-corrected chi connectivity index (χ4v) is 3.09. The van der Waals surface area contributed by atoms with Gasteiger partial charge in [0, 0.05) is 24.8 Å². The topological polar surface area (TPSA) is 70.1 Å². The average Bonchev–Trinajstić information content (AvgIpc) is 2.34. The molecule has 0 aromatic rings. The van der Waals surface area contributed by atoms with E-state index in [1.165, 1.54) is 6.42 Å². The molecule has 0 aromatic heterocycles. The van der Waals surface area contributed by atoms with Crippen LogP contribution >= 0.6 is 11.8 Å². The zero-order chi connectivity index (χ0) is 11.8. The van der Waals surface area contributed by atoms with Gasteiger partial charge in [0.05, 0.1) is 12.6 Å². The average molecular weight is 241 g/mol. The summed E-state index contributed by atoms with van der Waals surface area (Å²) < 4.78 is 0. The van der Waals surface area contributed by atoms with Crippen molar-refractivity contribution in [3.8, 4) is 6.07 Å². The molecule has 2 N–H and O–H groups in total. The van der Waals surface area contributed by atoms with Crippen molar-refractivity contribution in [3.63, 3.8) is 0 Å². The third-order valence-corrected chi connectivity index (χ3v) is 4.07. The maximum absolute atomic E-state index is 11.4. The van der Waals surface area contributed by atoms with E-state index in [-0.39, 0.29) is 12.5 Å². The Hall–Kier alpha value is -0.730. The van der Waals surface area contributed by atoms with Crippen molar-refractivity contribution in [1.82, 2.24) is 4.90 Å². The number of piperidine rings is 1. The van der Waals surface area contributed by atoms with E-state index in [0.717, 1.165) is 31.7 Å². The van der Waals surface area contributed by atoms with Crippen molar-refractivity contribution in [3.05, 3.63) is 0 Å². The van der Waals surface area contributed by atoms with Crippen LogP contribution in [0.5, 0.6) is 0 Å². The van der Waals surface area contributed by atoms with Gasteiger partial charge in [-0.2, -0.15) is 17.0 Å². The Morgan fingerprint density at radius 2 is 2.44 bits per heavy atom. The fraction of sp³-hybridized carbons (Fsp3) is 0.818. The van der Waals surface area contributed by atoms with E-state index >= 15 is 0 Å². The summed E-state index contributed by atoms with van der Waals surface area (Å²) in [6.07, 6.45) is 3.82. The quantitative estimate of drug-likeness (QED) is 0.728. The zero-order valence-corrected chi connectivity index (χ0v) is 10.3. The molecule has 1 atom stereocenters. The van der Waals surface area contributed by atoms with Crippen molar-refractivity contribution in [2.24, 2.45) is 5.73 Å². The van der Waals surface area contributed by atoms with E-state index in [0.29, 0.717) is 11.7 Å². The molecule has 90 valence electrons. The van der Waals surface area contributed by atoms with Gasteiger partial charge in [0.25, 0.3) is 0 Å². The Morgan fingerprint density at radius 1 is 1.62 bits per heavy atom. The molecule has 16 heavy (non-hydrogen) atoms. The Morgan fingerprint density at radius 3 is 3.12 bits per heavy atom. The number of carbonyl (C=O) groups excluding carboxylic acids is 1. The maximum atomic E-state index is 11.4. The molecule has 1 rings (SSSR count). The molecule has 1 fully saturated rings. The summed E-state index contributed by atoms with van der Waals surface area (Å²) >= 11 is 1.88. The molecule has 4 nitrogen and oxygen atoms in total. The van der Waals surface area contributed by atoms with Crippen LogP contribution in [0.15, 0.2) is 0 Å². The number of carbonyl (C=O) groups is 1. The van der Waals surface area contributed by atoms with Crippen LogP contribution in [0.3, 0.4) is 0 Å². The van der Waals surface area contributed by atoms with Crippen LogP contribution in [0.25, 0.3) is 0 Å². The standard InChI is InChI=1S/C11H19N3OS/c12-5-1-2-7-16-10-4-3-6-14(9-10)11(15)8-13/h10H,1-4,6-9,13H2. The summed E-state index contributed by atoms with van der Waals surface area (Å²) in [7, 11) is 0. The second-order valence-electron chi connectivity index (χ2n) is 3.94. The van der Waals surface area contributed by atoms with Gasteiger partial charge < -0.3 is 10.6 Å². The van der Waals surface area contributed by atoms with Gasteiger partial charge in [-0.25, -0.2) is 0 Å². The summed E-state index contributed by atoms with van der Waals surface area (Å²) in [4.78, 5) is 13.3. The number of nitrogens with zero attached hydrogens (tertiary/aromatic N) is 2. The Bertz CT molecular complexity index is 264. The number of hydrogen-bond acceptors (Lipinski definition) is 4. The van der Waals surface area contributed by atoms with Crippen LogP contribution in [0, 0.1) is 11.3 Å². The predicted molar refractivity (Wildman–Crippen MR) is 66.0 cm³/mol. The molecule has 1 saturated heterocycles. The molecule has 0 aliphatic carbocycles. The van der Waals surface area contributed by atoms with Crippen LogP contribution < -0.4 is 5.73 Å². The van der Waals surface area contributed by atoms with Gasteiger partial charge in [0.2, 0.25) is 5.91 Å². The minimum Gasteiger partial charge on any atom is -0.340 e. The monoisotopic (exact) mass is 241 g/mol. The van der Waals surface area contributed by atoms with Crippen LogP contribution in [0.1, 0.15) is 25.7 Å². The second-order valence-corrected chi connectivity index (χ2v) is 5.35. The molecule has 0 aromatic carbocycles. The molecular weight excluding hydrogens is 222 g/mol. The van der Waals surface area contributed by atoms with Crippen LogP contribution in [0.4, 0.5) is 0 Å². The number of rotatable bonds is 5. The van der Waals surface area contributed by atoms with E-state index in [4.69, 9.17) is 11.0 Å². The van der Waals surface area contributed by atoms with E-state index in [9.17, 15) is 4.79 Å². The van der Waals surface area contributed by atoms with Crippen molar-refractivity contribution in [1.29, 1.82) is 5.26 Å². The molecule has 1 unspecified atom stereocenters. The molecule has 1 amide bonds. The largest absolute Gasteiger partial charge is 0.340 e. The molecule has 5 heteroatoms. The minimum absolute atomic E-state index is 0.0577. The third kappa shape index (κ3) is 4.42. The highest BCUT2D eigenvalue weighted by Gasteiger charge is 2.22. The Labute approximate surface area is 101 Å². The molecule has 0 radical (unpaired) electrons. The van der Waals surface area contributed by atoms with Crippen molar-refractivity contribution < 1.29 is 4.79 Å².